The average molecular weight is 586 g/mol. The molecule has 0 radical (unpaired) electrons. The maximum atomic E-state index is 6.19. The highest BCUT2D eigenvalue weighted by molar-refractivity contribution is 5.78. The summed E-state index contributed by atoms with van der Waals surface area (Å²) < 4.78 is 12.1. The van der Waals surface area contributed by atoms with Gasteiger partial charge in [0, 0.05) is 28.4 Å². The highest BCUT2D eigenvalue weighted by atomic mass is 16.5. The van der Waals surface area contributed by atoms with Crippen LogP contribution in [0.15, 0.2) is 121 Å². The summed E-state index contributed by atoms with van der Waals surface area (Å²) in [4.78, 5) is 2.16. The Kier molecular flexibility index (Phi) is 10.8. The number of rotatable bonds is 15. The lowest BCUT2D eigenvalue weighted by Gasteiger charge is -2.25. The summed E-state index contributed by atoms with van der Waals surface area (Å²) in [5.74, 6) is 2.47. The summed E-state index contributed by atoms with van der Waals surface area (Å²) in [7, 11) is 0. The Morgan fingerprint density at radius 2 is 0.841 bits per heavy atom. The van der Waals surface area contributed by atoms with E-state index in [2.05, 4.69) is 48.2 Å². The van der Waals surface area contributed by atoms with Gasteiger partial charge in [0.2, 0.25) is 0 Å². The molecule has 0 amide bonds. The number of hydrogen-bond donors (Lipinski definition) is 2. The van der Waals surface area contributed by atoms with E-state index in [0.717, 1.165) is 69.8 Å². The molecule has 0 aliphatic heterocycles. The molecule has 0 aliphatic carbocycles. The van der Waals surface area contributed by atoms with E-state index in [1.807, 2.05) is 84.9 Å². The van der Waals surface area contributed by atoms with E-state index in [1.54, 1.807) is 0 Å². The minimum atomic E-state index is 0.723. The lowest BCUT2D eigenvalue weighted by molar-refractivity contribution is 0.304. The number of unbranched alkanes of at least 4 members (excludes halogenated alkanes) is 6. The molecule has 5 heteroatoms. The van der Waals surface area contributed by atoms with Gasteiger partial charge in [0.05, 0.1) is 6.61 Å². The van der Waals surface area contributed by atoms with Crippen LogP contribution < -0.4 is 25.8 Å². The van der Waals surface area contributed by atoms with Crippen molar-refractivity contribution in [3.05, 3.63) is 121 Å². The third kappa shape index (κ3) is 8.57. The monoisotopic (exact) mass is 585 g/mol. The van der Waals surface area contributed by atoms with Gasteiger partial charge in [-0.05, 0) is 115 Å². The average Bonchev–Trinajstić information content (AvgIpc) is 3.06. The van der Waals surface area contributed by atoms with Gasteiger partial charge in [0.1, 0.15) is 17.2 Å². The molecule has 0 fully saturated rings. The number of nitrogens with two attached hydrogens (primary N) is 2. The van der Waals surface area contributed by atoms with Crippen LogP contribution in [0.25, 0.3) is 11.1 Å². The van der Waals surface area contributed by atoms with Gasteiger partial charge in [-0.15, -0.1) is 0 Å². The van der Waals surface area contributed by atoms with Gasteiger partial charge in [-0.1, -0.05) is 69.7 Å². The molecule has 0 atom stereocenters. The first kappa shape index (κ1) is 30.6. The molecule has 0 aliphatic rings. The molecule has 0 bridgehead atoms. The third-order valence-electron chi connectivity index (χ3n) is 7.69. The highest BCUT2D eigenvalue weighted by Gasteiger charge is 2.13. The summed E-state index contributed by atoms with van der Waals surface area (Å²) in [5.41, 5.74) is 18.6. The highest BCUT2D eigenvalue weighted by Crippen LogP contribution is 2.36. The quantitative estimate of drug-likeness (QED) is 0.0944. The van der Waals surface area contributed by atoms with Crippen molar-refractivity contribution in [2.24, 2.45) is 0 Å². The fourth-order valence-electron chi connectivity index (χ4n) is 5.20. The van der Waals surface area contributed by atoms with Crippen molar-refractivity contribution in [2.45, 2.75) is 51.9 Å². The van der Waals surface area contributed by atoms with E-state index in [-0.39, 0.29) is 0 Å². The second-order valence-electron chi connectivity index (χ2n) is 11.1. The lowest BCUT2D eigenvalue weighted by atomic mass is 10.1. The minimum absolute atomic E-state index is 0.723. The molecule has 0 heterocycles. The van der Waals surface area contributed by atoms with Gasteiger partial charge in [0.25, 0.3) is 0 Å². The summed E-state index contributed by atoms with van der Waals surface area (Å²) in [6.07, 6.45) is 9.01. The SMILES string of the molecule is CCCCCCCCCOc1ccc(-c2ccc(Oc3ccc(N(c4ccc(N)cc4)c4ccc(N)cc4)cc3)cc2)cc1. The van der Waals surface area contributed by atoms with Crippen molar-refractivity contribution in [3.63, 3.8) is 0 Å². The maximum absolute atomic E-state index is 6.19. The van der Waals surface area contributed by atoms with E-state index in [0.29, 0.717) is 0 Å². The zero-order chi connectivity index (χ0) is 30.6. The molecule has 5 nitrogen and oxygen atoms in total. The molecule has 0 saturated carbocycles. The van der Waals surface area contributed by atoms with Crippen molar-refractivity contribution in [1.82, 2.24) is 0 Å². The molecule has 5 rings (SSSR count). The van der Waals surface area contributed by atoms with Crippen LogP contribution in [-0.4, -0.2) is 6.61 Å². The van der Waals surface area contributed by atoms with Crippen molar-refractivity contribution in [2.75, 3.05) is 23.0 Å². The predicted octanol–water partition coefficient (Wildman–Crippen LogP) is 10.9. The van der Waals surface area contributed by atoms with Crippen LogP contribution in [0.4, 0.5) is 28.4 Å². The standard InChI is InChI=1S/C39H43N3O2/c1-2-3-4-5-6-7-8-29-43-37-23-9-30(10-24-37)31-11-25-38(26-12-31)44-39-27-21-36(22-28-39)42(34-17-13-32(40)14-18-34)35-19-15-33(41)16-20-35/h9-28H,2-8,29,40-41H2,1H3. The number of benzene rings is 5. The Bertz CT molecular complexity index is 1500. The van der Waals surface area contributed by atoms with Crippen LogP contribution in [0.2, 0.25) is 0 Å². The number of hydrogen-bond acceptors (Lipinski definition) is 5. The fourth-order valence-corrected chi connectivity index (χ4v) is 5.20. The number of anilines is 5. The molecule has 0 aromatic heterocycles. The second-order valence-corrected chi connectivity index (χ2v) is 11.1. The second kappa shape index (κ2) is 15.5. The van der Waals surface area contributed by atoms with Crippen LogP contribution in [0.1, 0.15) is 51.9 Å². The first-order valence-electron chi connectivity index (χ1n) is 15.7. The number of nitrogens with zero attached hydrogens (tertiary/aromatic N) is 1. The number of ether oxygens (including phenoxy) is 2. The smallest absolute Gasteiger partial charge is 0.127 e. The van der Waals surface area contributed by atoms with Crippen LogP contribution in [0.5, 0.6) is 17.2 Å². The van der Waals surface area contributed by atoms with Gasteiger partial charge in [-0.3, -0.25) is 0 Å². The molecule has 226 valence electrons. The van der Waals surface area contributed by atoms with Crippen molar-refractivity contribution >= 4 is 28.4 Å². The van der Waals surface area contributed by atoms with Crippen molar-refractivity contribution in [3.8, 4) is 28.4 Å². The molecular weight excluding hydrogens is 542 g/mol. The van der Waals surface area contributed by atoms with E-state index < -0.39 is 0 Å². The maximum Gasteiger partial charge on any atom is 0.127 e. The Labute approximate surface area is 262 Å². The summed E-state index contributed by atoms with van der Waals surface area (Å²) >= 11 is 0. The molecule has 0 spiro atoms. The molecule has 5 aromatic carbocycles. The van der Waals surface area contributed by atoms with E-state index in [4.69, 9.17) is 20.9 Å². The van der Waals surface area contributed by atoms with Crippen molar-refractivity contribution < 1.29 is 9.47 Å². The molecule has 0 unspecified atom stereocenters. The Balaban J connectivity index is 1.17. The first-order valence-corrected chi connectivity index (χ1v) is 15.7. The summed E-state index contributed by atoms with van der Waals surface area (Å²) in [6, 6.07) is 40.2. The van der Waals surface area contributed by atoms with Gasteiger partial charge in [-0.25, -0.2) is 0 Å². The van der Waals surface area contributed by atoms with Crippen LogP contribution >= 0.6 is 0 Å². The van der Waals surface area contributed by atoms with E-state index in [9.17, 15) is 0 Å². The van der Waals surface area contributed by atoms with Crippen LogP contribution in [0, 0.1) is 0 Å². The van der Waals surface area contributed by atoms with Gasteiger partial charge >= 0.3 is 0 Å². The predicted molar refractivity (Wildman–Crippen MR) is 185 cm³/mol. The van der Waals surface area contributed by atoms with E-state index >= 15 is 0 Å². The molecule has 0 saturated heterocycles. The third-order valence-corrected chi connectivity index (χ3v) is 7.69. The fraction of sp³-hybridized carbons (Fsp3) is 0.231. The summed E-state index contributed by atoms with van der Waals surface area (Å²) in [6.45, 7) is 3.04. The zero-order valence-corrected chi connectivity index (χ0v) is 25.6. The largest absolute Gasteiger partial charge is 0.494 e. The van der Waals surface area contributed by atoms with Crippen LogP contribution in [0.3, 0.4) is 0 Å². The Morgan fingerprint density at radius 1 is 0.455 bits per heavy atom. The lowest BCUT2D eigenvalue weighted by Crippen LogP contribution is -2.10. The Morgan fingerprint density at radius 3 is 1.32 bits per heavy atom. The van der Waals surface area contributed by atoms with Crippen LogP contribution in [-0.2, 0) is 0 Å². The molecular formula is C39H43N3O2. The first-order chi connectivity index (χ1) is 21.6. The van der Waals surface area contributed by atoms with Gasteiger partial charge in [0.15, 0.2) is 0 Å². The topological polar surface area (TPSA) is 73.7 Å². The minimum Gasteiger partial charge on any atom is -0.494 e. The zero-order valence-electron chi connectivity index (χ0n) is 25.6. The van der Waals surface area contributed by atoms with Crippen molar-refractivity contribution in [1.29, 1.82) is 0 Å². The molecule has 4 N–H and O–H groups in total. The number of nitrogen functional groups attached to an aromatic ring is 2. The molecule has 44 heavy (non-hydrogen) atoms. The van der Waals surface area contributed by atoms with Gasteiger partial charge < -0.3 is 25.8 Å². The van der Waals surface area contributed by atoms with E-state index in [1.165, 1.54) is 38.5 Å². The molecule has 5 aromatic rings. The van der Waals surface area contributed by atoms with Gasteiger partial charge in [-0.2, -0.15) is 0 Å². The normalized spacial score (nSPS) is 10.8. The Hall–Kier alpha value is -4.90. The summed E-state index contributed by atoms with van der Waals surface area (Å²) in [5, 5.41) is 0.